The van der Waals surface area contributed by atoms with Crippen LogP contribution in [-0.4, -0.2) is 17.9 Å². The monoisotopic (exact) mass is 378 g/mol. The Kier molecular flexibility index (Phi) is 6.60. The molecule has 2 N–H and O–H groups in total. The van der Waals surface area contributed by atoms with Gasteiger partial charge in [-0.15, -0.1) is 0 Å². The van der Waals surface area contributed by atoms with E-state index in [9.17, 15) is 22.8 Å². The zero-order valence-electron chi connectivity index (χ0n) is 15.2. The first kappa shape index (κ1) is 20.5. The maximum absolute atomic E-state index is 13.4. The minimum atomic E-state index is -1.00. The number of hydrogen-bond acceptors (Lipinski definition) is 2. The smallest absolute Gasteiger partial charge is 0.251 e. The van der Waals surface area contributed by atoms with Gasteiger partial charge in [-0.3, -0.25) is 9.59 Å². The molecule has 7 heteroatoms. The fourth-order valence-electron chi connectivity index (χ4n) is 2.53. The normalized spacial score (nSPS) is 13.1. The van der Waals surface area contributed by atoms with Crippen molar-refractivity contribution in [1.29, 1.82) is 0 Å². The highest BCUT2D eigenvalue weighted by molar-refractivity contribution is 5.97. The van der Waals surface area contributed by atoms with E-state index in [0.717, 1.165) is 24.3 Å². The molecule has 0 aromatic heterocycles. The number of benzene rings is 2. The van der Waals surface area contributed by atoms with Gasteiger partial charge in [0, 0.05) is 5.56 Å². The zero-order chi connectivity index (χ0) is 20.1. The van der Waals surface area contributed by atoms with Crippen molar-refractivity contribution in [1.82, 2.24) is 10.6 Å². The number of rotatable bonds is 6. The largest absolute Gasteiger partial charge is 0.348 e. The van der Waals surface area contributed by atoms with E-state index in [-0.39, 0.29) is 11.5 Å². The first-order valence-electron chi connectivity index (χ1n) is 8.50. The lowest BCUT2D eigenvalue weighted by Crippen LogP contribution is -2.50. The van der Waals surface area contributed by atoms with Crippen LogP contribution in [0.2, 0.25) is 0 Å². The van der Waals surface area contributed by atoms with Crippen LogP contribution < -0.4 is 10.6 Å². The molecule has 2 atom stereocenters. The van der Waals surface area contributed by atoms with E-state index in [2.05, 4.69) is 10.6 Å². The molecule has 0 aliphatic heterocycles. The van der Waals surface area contributed by atoms with Crippen molar-refractivity contribution in [3.63, 3.8) is 0 Å². The molecule has 0 bridgehead atoms. The molecule has 0 spiro atoms. The Morgan fingerprint density at radius 2 is 1.48 bits per heavy atom. The van der Waals surface area contributed by atoms with E-state index in [1.54, 1.807) is 20.8 Å². The van der Waals surface area contributed by atoms with Gasteiger partial charge in [0.1, 0.15) is 11.9 Å². The average molecular weight is 378 g/mol. The van der Waals surface area contributed by atoms with Crippen LogP contribution in [0.4, 0.5) is 13.2 Å². The molecular formula is C20H21F3N2O2. The van der Waals surface area contributed by atoms with Crippen molar-refractivity contribution in [2.24, 2.45) is 5.92 Å². The van der Waals surface area contributed by atoms with Gasteiger partial charge in [-0.2, -0.15) is 0 Å². The highest BCUT2D eigenvalue weighted by Crippen LogP contribution is 2.17. The van der Waals surface area contributed by atoms with E-state index in [1.165, 1.54) is 18.2 Å². The van der Waals surface area contributed by atoms with Gasteiger partial charge in [0.2, 0.25) is 5.91 Å². The van der Waals surface area contributed by atoms with Crippen molar-refractivity contribution in [3.05, 3.63) is 71.0 Å². The zero-order valence-corrected chi connectivity index (χ0v) is 15.2. The van der Waals surface area contributed by atoms with Gasteiger partial charge in [0.05, 0.1) is 6.04 Å². The van der Waals surface area contributed by atoms with Crippen molar-refractivity contribution in [2.45, 2.75) is 32.9 Å². The van der Waals surface area contributed by atoms with Gasteiger partial charge in [0.25, 0.3) is 5.91 Å². The highest BCUT2D eigenvalue weighted by atomic mass is 19.2. The molecule has 4 nitrogen and oxygen atoms in total. The third-order valence-electron chi connectivity index (χ3n) is 4.14. The topological polar surface area (TPSA) is 58.2 Å². The predicted octanol–water partition coefficient (Wildman–Crippen LogP) is 3.74. The van der Waals surface area contributed by atoms with E-state index in [1.807, 2.05) is 0 Å². The van der Waals surface area contributed by atoms with Crippen LogP contribution >= 0.6 is 0 Å². The van der Waals surface area contributed by atoms with E-state index in [0.29, 0.717) is 5.56 Å². The second kappa shape index (κ2) is 8.70. The molecule has 0 saturated carbocycles. The average Bonchev–Trinajstić information content (AvgIpc) is 2.61. The van der Waals surface area contributed by atoms with Crippen molar-refractivity contribution in [3.8, 4) is 0 Å². The molecule has 0 radical (unpaired) electrons. The molecule has 0 heterocycles. The van der Waals surface area contributed by atoms with Crippen LogP contribution in [0.1, 0.15) is 42.7 Å². The summed E-state index contributed by atoms with van der Waals surface area (Å²) in [4.78, 5) is 24.9. The molecule has 0 fully saturated rings. The highest BCUT2D eigenvalue weighted by Gasteiger charge is 2.26. The molecule has 27 heavy (non-hydrogen) atoms. The lowest BCUT2D eigenvalue weighted by atomic mass is 10.0. The molecule has 0 aliphatic rings. The standard InChI is InChI=1S/C20H21F3N2O2/c1-11(2)18(25-19(26)13-4-7-15(21)8-5-13)20(27)24-12(3)14-6-9-16(22)17(23)10-14/h4-12,18H,1-3H3,(H,24,27)(H,25,26). The van der Waals surface area contributed by atoms with Gasteiger partial charge in [-0.25, -0.2) is 13.2 Å². The Hall–Kier alpha value is -2.83. The van der Waals surface area contributed by atoms with E-state index in [4.69, 9.17) is 0 Å². The van der Waals surface area contributed by atoms with Crippen LogP contribution in [0, 0.1) is 23.4 Å². The first-order chi connectivity index (χ1) is 12.7. The minimum Gasteiger partial charge on any atom is -0.348 e. The summed E-state index contributed by atoms with van der Waals surface area (Å²) in [5.41, 5.74) is 0.623. The predicted molar refractivity (Wildman–Crippen MR) is 95.4 cm³/mol. The molecule has 0 aliphatic carbocycles. The Balaban J connectivity index is 2.08. The Bertz CT molecular complexity index is 822. The summed E-state index contributed by atoms with van der Waals surface area (Å²) in [7, 11) is 0. The molecule has 2 aromatic rings. The van der Waals surface area contributed by atoms with Crippen molar-refractivity contribution >= 4 is 11.8 Å². The van der Waals surface area contributed by atoms with E-state index >= 15 is 0 Å². The van der Waals surface area contributed by atoms with Gasteiger partial charge in [-0.1, -0.05) is 19.9 Å². The fourth-order valence-corrected chi connectivity index (χ4v) is 2.53. The molecular weight excluding hydrogens is 357 g/mol. The summed E-state index contributed by atoms with van der Waals surface area (Å²) < 4.78 is 39.4. The van der Waals surface area contributed by atoms with Crippen molar-refractivity contribution in [2.75, 3.05) is 0 Å². The van der Waals surface area contributed by atoms with Gasteiger partial charge >= 0.3 is 0 Å². The second-order valence-electron chi connectivity index (χ2n) is 6.61. The SMILES string of the molecule is CC(NC(=O)C(NC(=O)c1ccc(F)cc1)C(C)C)c1ccc(F)c(F)c1. The third-order valence-corrected chi connectivity index (χ3v) is 4.14. The summed E-state index contributed by atoms with van der Waals surface area (Å²) in [6, 6.07) is 6.91. The van der Waals surface area contributed by atoms with Crippen LogP contribution in [0.5, 0.6) is 0 Å². The van der Waals surface area contributed by atoms with E-state index < -0.39 is 41.3 Å². The Labute approximate surface area is 155 Å². The van der Waals surface area contributed by atoms with Gasteiger partial charge in [-0.05, 0) is 54.8 Å². The number of nitrogens with one attached hydrogen (secondary N) is 2. The third kappa shape index (κ3) is 5.32. The number of amides is 2. The van der Waals surface area contributed by atoms with Crippen LogP contribution in [0.15, 0.2) is 42.5 Å². The fraction of sp³-hybridized carbons (Fsp3) is 0.300. The molecule has 0 saturated heterocycles. The first-order valence-corrected chi connectivity index (χ1v) is 8.50. The Morgan fingerprint density at radius 1 is 0.852 bits per heavy atom. The second-order valence-corrected chi connectivity index (χ2v) is 6.61. The van der Waals surface area contributed by atoms with Gasteiger partial charge < -0.3 is 10.6 Å². The molecule has 2 aromatic carbocycles. The molecule has 144 valence electrons. The molecule has 2 unspecified atom stereocenters. The maximum atomic E-state index is 13.4. The van der Waals surface area contributed by atoms with Gasteiger partial charge in [0.15, 0.2) is 11.6 Å². The number of carbonyl (C=O) groups is 2. The number of hydrogen-bond donors (Lipinski definition) is 2. The summed E-state index contributed by atoms with van der Waals surface area (Å²) in [5.74, 6) is -3.64. The summed E-state index contributed by atoms with van der Waals surface area (Å²) in [6.07, 6.45) is 0. The molecule has 2 amide bonds. The quantitative estimate of drug-likeness (QED) is 0.805. The lowest BCUT2D eigenvalue weighted by molar-refractivity contribution is -0.124. The van der Waals surface area contributed by atoms with Crippen LogP contribution in [0.25, 0.3) is 0 Å². The van der Waals surface area contributed by atoms with Crippen LogP contribution in [-0.2, 0) is 4.79 Å². The van der Waals surface area contributed by atoms with Crippen LogP contribution in [0.3, 0.4) is 0 Å². The molecule has 2 rings (SSSR count). The Morgan fingerprint density at radius 3 is 2.04 bits per heavy atom. The number of carbonyl (C=O) groups excluding carboxylic acids is 2. The minimum absolute atomic E-state index is 0.225. The lowest BCUT2D eigenvalue weighted by Gasteiger charge is -2.24. The summed E-state index contributed by atoms with van der Waals surface area (Å²) >= 11 is 0. The summed E-state index contributed by atoms with van der Waals surface area (Å²) in [6.45, 7) is 5.15. The number of halogens is 3. The summed E-state index contributed by atoms with van der Waals surface area (Å²) in [5, 5.41) is 5.31. The maximum Gasteiger partial charge on any atom is 0.251 e. The van der Waals surface area contributed by atoms with Crippen molar-refractivity contribution < 1.29 is 22.8 Å².